The minimum atomic E-state index is -3.58. The fraction of sp³-hybridized carbons (Fsp3) is 0.400. The maximum atomic E-state index is 12.0. The number of phosphoric acid groups is 1. The van der Waals surface area contributed by atoms with Gasteiger partial charge in [0.25, 0.3) is 0 Å². The summed E-state index contributed by atoms with van der Waals surface area (Å²) in [7, 11) is -3.58. The van der Waals surface area contributed by atoms with Crippen molar-refractivity contribution in [2.24, 2.45) is 5.11 Å². The molecule has 0 aliphatic heterocycles. The molecule has 0 aromatic heterocycles. The molecule has 1 aromatic carbocycles. The highest BCUT2D eigenvalue weighted by Gasteiger charge is 2.27. The van der Waals surface area contributed by atoms with Gasteiger partial charge in [-0.25, -0.2) is 4.57 Å². The molecule has 0 spiro atoms. The van der Waals surface area contributed by atoms with Crippen molar-refractivity contribution in [2.45, 2.75) is 13.8 Å². The second kappa shape index (κ2) is 7.03. The predicted molar refractivity (Wildman–Crippen MR) is 66.7 cm³/mol. The molecule has 0 fully saturated rings. The minimum absolute atomic E-state index is 0.216. The Bertz CT molecular complexity index is 461. The molecule has 0 saturated heterocycles. The lowest BCUT2D eigenvalue weighted by Gasteiger charge is -2.16. The molecule has 0 aliphatic carbocycles. The highest BCUT2D eigenvalue weighted by Crippen LogP contribution is 2.49. The smallest absolute Gasteiger partial charge is 0.404 e. The highest BCUT2D eigenvalue weighted by molar-refractivity contribution is 7.48. The van der Waals surface area contributed by atoms with Crippen molar-refractivity contribution in [2.75, 3.05) is 13.2 Å². The molecular weight excluding hydrogens is 257 g/mol. The van der Waals surface area contributed by atoms with E-state index in [0.717, 1.165) is 0 Å². The first-order valence-electron chi connectivity index (χ1n) is 5.37. The Morgan fingerprint density at radius 3 is 2.22 bits per heavy atom. The van der Waals surface area contributed by atoms with Gasteiger partial charge in [-0.1, -0.05) is 5.11 Å². The van der Waals surface area contributed by atoms with Crippen molar-refractivity contribution in [3.05, 3.63) is 34.7 Å². The summed E-state index contributed by atoms with van der Waals surface area (Å²) in [6.45, 7) is 3.82. The highest BCUT2D eigenvalue weighted by atomic mass is 31.2. The standard InChI is InChI=1S/C10H14N3O4P/c1-3-15-18(14,16-4-2)17-10-7-5-9(6-8-10)12-13-11/h5-8H,3-4H2,1-2H3. The van der Waals surface area contributed by atoms with Gasteiger partial charge in [0, 0.05) is 10.6 Å². The van der Waals surface area contributed by atoms with E-state index in [2.05, 4.69) is 10.0 Å². The number of phosphoric ester groups is 1. The zero-order valence-electron chi connectivity index (χ0n) is 10.1. The summed E-state index contributed by atoms with van der Waals surface area (Å²) in [6, 6.07) is 6.12. The Hall–Kier alpha value is -1.52. The van der Waals surface area contributed by atoms with Crippen LogP contribution in [-0.4, -0.2) is 13.2 Å². The molecule has 0 saturated carbocycles. The Morgan fingerprint density at radius 2 is 1.78 bits per heavy atom. The van der Waals surface area contributed by atoms with Gasteiger partial charge in [-0.2, -0.15) is 0 Å². The van der Waals surface area contributed by atoms with E-state index in [-0.39, 0.29) is 13.2 Å². The van der Waals surface area contributed by atoms with Gasteiger partial charge >= 0.3 is 7.82 Å². The Kier molecular flexibility index (Phi) is 5.68. The van der Waals surface area contributed by atoms with Gasteiger partial charge in [0.15, 0.2) is 0 Å². The first-order chi connectivity index (χ1) is 8.63. The average molecular weight is 271 g/mol. The normalized spacial score (nSPS) is 10.8. The maximum absolute atomic E-state index is 12.0. The first-order valence-corrected chi connectivity index (χ1v) is 6.83. The molecule has 18 heavy (non-hydrogen) atoms. The monoisotopic (exact) mass is 271 g/mol. The van der Waals surface area contributed by atoms with E-state index in [1.165, 1.54) is 24.3 Å². The predicted octanol–water partition coefficient (Wildman–Crippen LogP) is 4.19. The van der Waals surface area contributed by atoms with Crippen molar-refractivity contribution in [1.82, 2.24) is 0 Å². The molecule has 8 heteroatoms. The molecule has 0 unspecified atom stereocenters. The van der Waals surface area contributed by atoms with Crippen LogP contribution in [0, 0.1) is 0 Å². The van der Waals surface area contributed by atoms with E-state index in [1.807, 2.05) is 0 Å². The molecule has 0 radical (unpaired) electrons. The third-order valence-corrected chi connectivity index (χ3v) is 3.37. The van der Waals surface area contributed by atoms with Crippen LogP contribution in [0.2, 0.25) is 0 Å². The van der Waals surface area contributed by atoms with Gasteiger partial charge in [-0.15, -0.1) is 0 Å². The molecule has 0 amide bonds. The van der Waals surface area contributed by atoms with Gasteiger partial charge in [0.05, 0.1) is 13.2 Å². The molecule has 98 valence electrons. The third kappa shape index (κ3) is 4.39. The number of nitrogens with zero attached hydrogens (tertiary/aromatic N) is 3. The zero-order valence-corrected chi connectivity index (χ0v) is 11.0. The number of hydrogen-bond donors (Lipinski definition) is 0. The van der Waals surface area contributed by atoms with Gasteiger partial charge < -0.3 is 4.52 Å². The van der Waals surface area contributed by atoms with Crippen LogP contribution in [0.1, 0.15) is 13.8 Å². The van der Waals surface area contributed by atoms with E-state index in [4.69, 9.17) is 19.1 Å². The van der Waals surface area contributed by atoms with Crippen molar-refractivity contribution in [1.29, 1.82) is 0 Å². The summed E-state index contributed by atoms with van der Waals surface area (Å²) >= 11 is 0. The SMILES string of the molecule is CCOP(=O)(OCC)Oc1ccc(N=[N+]=[N-])cc1. The molecule has 1 aromatic rings. The van der Waals surface area contributed by atoms with Crippen LogP contribution in [0.15, 0.2) is 29.4 Å². The quantitative estimate of drug-likeness (QED) is 0.321. The van der Waals surface area contributed by atoms with Gasteiger partial charge in [0.1, 0.15) is 5.75 Å². The average Bonchev–Trinajstić information content (AvgIpc) is 2.32. The molecule has 0 N–H and O–H groups in total. The minimum Gasteiger partial charge on any atom is -0.404 e. The number of hydrogen-bond acceptors (Lipinski definition) is 5. The molecule has 1 rings (SSSR count). The molecule has 0 aliphatic rings. The van der Waals surface area contributed by atoms with Crippen LogP contribution in [0.5, 0.6) is 5.75 Å². The van der Waals surface area contributed by atoms with Crippen LogP contribution in [0.25, 0.3) is 10.4 Å². The fourth-order valence-corrected chi connectivity index (χ4v) is 2.35. The topological polar surface area (TPSA) is 93.5 Å². The Morgan fingerprint density at radius 1 is 1.22 bits per heavy atom. The van der Waals surface area contributed by atoms with Crippen LogP contribution in [-0.2, 0) is 13.6 Å². The van der Waals surface area contributed by atoms with E-state index >= 15 is 0 Å². The summed E-state index contributed by atoms with van der Waals surface area (Å²) in [5.41, 5.74) is 8.70. The van der Waals surface area contributed by atoms with Crippen molar-refractivity contribution in [3.8, 4) is 5.75 Å². The van der Waals surface area contributed by atoms with Gasteiger partial charge in [-0.3, -0.25) is 9.05 Å². The zero-order chi connectivity index (χ0) is 13.4. The lowest BCUT2D eigenvalue weighted by Crippen LogP contribution is -2.02. The van der Waals surface area contributed by atoms with Gasteiger partial charge in [0.2, 0.25) is 0 Å². The third-order valence-electron chi connectivity index (χ3n) is 1.79. The Labute approximate surface area is 105 Å². The second-order valence-electron chi connectivity index (χ2n) is 3.06. The van der Waals surface area contributed by atoms with Crippen LogP contribution < -0.4 is 4.52 Å². The number of benzene rings is 1. The maximum Gasteiger partial charge on any atom is 0.530 e. The summed E-state index contributed by atoms with van der Waals surface area (Å²) < 4.78 is 27.2. The number of azide groups is 1. The summed E-state index contributed by atoms with van der Waals surface area (Å²) in [5, 5.41) is 3.41. The Balaban J connectivity index is 2.81. The number of rotatable bonds is 7. The summed E-state index contributed by atoms with van der Waals surface area (Å²) in [6.07, 6.45) is 0. The summed E-state index contributed by atoms with van der Waals surface area (Å²) in [5.74, 6) is 0.317. The van der Waals surface area contributed by atoms with Crippen LogP contribution >= 0.6 is 7.82 Å². The van der Waals surface area contributed by atoms with Crippen molar-refractivity contribution >= 4 is 13.5 Å². The van der Waals surface area contributed by atoms with E-state index in [1.54, 1.807) is 13.8 Å². The molecule has 0 atom stereocenters. The summed E-state index contributed by atoms with van der Waals surface area (Å²) in [4.78, 5) is 2.65. The molecular formula is C10H14N3O4P. The fourth-order valence-electron chi connectivity index (χ4n) is 1.16. The largest absolute Gasteiger partial charge is 0.530 e. The van der Waals surface area contributed by atoms with E-state index in [9.17, 15) is 4.57 Å². The molecule has 7 nitrogen and oxygen atoms in total. The lowest BCUT2D eigenvalue weighted by molar-refractivity contribution is 0.167. The van der Waals surface area contributed by atoms with E-state index < -0.39 is 7.82 Å². The van der Waals surface area contributed by atoms with Crippen molar-refractivity contribution in [3.63, 3.8) is 0 Å². The van der Waals surface area contributed by atoms with Gasteiger partial charge in [-0.05, 0) is 43.6 Å². The molecule has 0 bridgehead atoms. The van der Waals surface area contributed by atoms with Crippen LogP contribution in [0.3, 0.4) is 0 Å². The molecule has 0 heterocycles. The van der Waals surface area contributed by atoms with Crippen molar-refractivity contribution < 1.29 is 18.1 Å². The second-order valence-corrected chi connectivity index (χ2v) is 4.65. The lowest BCUT2D eigenvalue weighted by atomic mass is 10.3. The first kappa shape index (κ1) is 14.5. The van der Waals surface area contributed by atoms with E-state index in [0.29, 0.717) is 11.4 Å². The van der Waals surface area contributed by atoms with Crippen LogP contribution in [0.4, 0.5) is 5.69 Å².